The van der Waals surface area contributed by atoms with Crippen LogP contribution in [0.4, 0.5) is 0 Å². The maximum Gasteiger partial charge on any atom is 0.0869 e. The number of hydrogen-bond acceptors (Lipinski definition) is 0. The van der Waals surface area contributed by atoms with Crippen LogP contribution in [0.2, 0.25) is 0 Å². The molecule has 1 rings (SSSR count). The minimum absolute atomic E-state index is 0.753. The molecule has 0 bridgehead atoms. The van der Waals surface area contributed by atoms with E-state index in [4.69, 9.17) is 0 Å². The topological polar surface area (TPSA) is 27.6 Å². The first-order chi connectivity index (χ1) is 3.80. The summed E-state index contributed by atoms with van der Waals surface area (Å²) in [6.45, 7) is 2.32. The van der Waals surface area contributed by atoms with Crippen LogP contribution in [0, 0.1) is 5.92 Å². The third-order valence-electron chi connectivity index (χ3n) is 2.29. The molecule has 0 aromatic rings. The van der Waals surface area contributed by atoms with Crippen LogP contribution in [0.25, 0.3) is 0 Å². The molecule has 0 aromatic heterocycles. The van der Waals surface area contributed by atoms with Gasteiger partial charge in [-0.3, -0.25) is 0 Å². The monoisotopic (exact) mass is 114 g/mol. The SMILES string of the molecule is CC1CCCC[C@@H]1[NH3+]. The van der Waals surface area contributed by atoms with E-state index >= 15 is 0 Å². The molecule has 1 unspecified atom stereocenters. The molecule has 0 amide bonds. The number of hydrogen-bond donors (Lipinski definition) is 1. The van der Waals surface area contributed by atoms with Gasteiger partial charge in [-0.2, -0.15) is 0 Å². The molecule has 1 aliphatic rings. The molecule has 1 saturated carbocycles. The van der Waals surface area contributed by atoms with Crippen LogP contribution in [0.1, 0.15) is 32.6 Å². The van der Waals surface area contributed by atoms with Crippen LogP contribution in [0.5, 0.6) is 0 Å². The zero-order valence-electron chi connectivity index (χ0n) is 5.69. The molecule has 48 valence electrons. The molecule has 8 heavy (non-hydrogen) atoms. The highest BCUT2D eigenvalue weighted by molar-refractivity contribution is 4.68. The van der Waals surface area contributed by atoms with Crippen molar-refractivity contribution in [3.8, 4) is 0 Å². The Labute approximate surface area is 51.3 Å². The van der Waals surface area contributed by atoms with Gasteiger partial charge >= 0.3 is 0 Å². The molecule has 1 aliphatic carbocycles. The Kier molecular flexibility index (Phi) is 1.90. The summed E-state index contributed by atoms with van der Waals surface area (Å²) in [6.07, 6.45) is 5.63. The highest BCUT2D eigenvalue weighted by atomic mass is 14.6. The van der Waals surface area contributed by atoms with E-state index in [0.717, 1.165) is 12.0 Å². The van der Waals surface area contributed by atoms with E-state index < -0.39 is 0 Å². The lowest BCUT2D eigenvalue weighted by molar-refractivity contribution is -0.436. The Morgan fingerprint density at radius 2 is 1.88 bits per heavy atom. The van der Waals surface area contributed by atoms with Crippen molar-refractivity contribution in [2.75, 3.05) is 0 Å². The number of quaternary nitrogens is 1. The summed E-state index contributed by atoms with van der Waals surface area (Å²) in [5, 5.41) is 0. The smallest absolute Gasteiger partial charge is 0.0869 e. The zero-order valence-corrected chi connectivity index (χ0v) is 5.69. The van der Waals surface area contributed by atoms with Crippen LogP contribution < -0.4 is 5.73 Å². The highest BCUT2D eigenvalue weighted by Crippen LogP contribution is 2.20. The van der Waals surface area contributed by atoms with E-state index in [2.05, 4.69) is 12.7 Å². The molecule has 0 heterocycles. The van der Waals surface area contributed by atoms with Gasteiger partial charge in [0.2, 0.25) is 0 Å². The maximum atomic E-state index is 4.08. The first kappa shape index (κ1) is 6.09. The summed E-state index contributed by atoms with van der Waals surface area (Å²) >= 11 is 0. The molecule has 3 N–H and O–H groups in total. The molecule has 0 aliphatic heterocycles. The van der Waals surface area contributed by atoms with Gasteiger partial charge in [-0.1, -0.05) is 13.3 Å². The van der Waals surface area contributed by atoms with Gasteiger partial charge < -0.3 is 5.73 Å². The van der Waals surface area contributed by atoms with Crippen molar-refractivity contribution >= 4 is 0 Å². The lowest BCUT2D eigenvalue weighted by Crippen LogP contribution is -2.64. The third-order valence-corrected chi connectivity index (χ3v) is 2.29. The first-order valence-corrected chi connectivity index (χ1v) is 3.64. The minimum Gasteiger partial charge on any atom is -0.355 e. The van der Waals surface area contributed by atoms with Gasteiger partial charge in [0.1, 0.15) is 0 Å². The minimum atomic E-state index is 0.753. The summed E-state index contributed by atoms with van der Waals surface area (Å²) in [5.41, 5.74) is 4.08. The summed E-state index contributed by atoms with van der Waals surface area (Å²) in [4.78, 5) is 0. The number of rotatable bonds is 0. The zero-order chi connectivity index (χ0) is 5.98. The molecule has 1 heteroatoms. The summed E-state index contributed by atoms with van der Waals surface area (Å²) in [5.74, 6) is 0.892. The van der Waals surface area contributed by atoms with E-state index in [-0.39, 0.29) is 0 Å². The quantitative estimate of drug-likeness (QED) is 0.482. The van der Waals surface area contributed by atoms with E-state index in [1.54, 1.807) is 0 Å². The van der Waals surface area contributed by atoms with Crippen molar-refractivity contribution < 1.29 is 5.73 Å². The second-order valence-corrected chi connectivity index (χ2v) is 3.02. The van der Waals surface area contributed by atoms with Gasteiger partial charge in [-0.15, -0.1) is 0 Å². The van der Waals surface area contributed by atoms with Gasteiger partial charge in [-0.05, 0) is 19.3 Å². The van der Waals surface area contributed by atoms with Crippen molar-refractivity contribution in [3.05, 3.63) is 0 Å². The summed E-state index contributed by atoms with van der Waals surface area (Å²) < 4.78 is 0. The molecule has 1 nitrogen and oxygen atoms in total. The van der Waals surface area contributed by atoms with Crippen molar-refractivity contribution in [2.24, 2.45) is 5.92 Å². The van der Waals surface area contributed by atoms with Gasteiger partial charge in [0.05, 0.1) is 6.04 Å². The van der Waals surface area contributed by atoms with E-state index in [9.17, 15) is 0 Å². The highest BCUT2D eigenvalue weighted by Gasteiger charge is 2.19. The Balaban J connectivity index is 2.28. The first-order valence-electron chi connectivity index (χ1n) is 3.64. The fraction of sp³-hybridized carbons (Fsp3) is 1.00. The standard InChI is InChI=1S/C7H15N/c1-6-4-2-3-5-7(6)8/h6-7H,2-5,8H2,1H3/p+1/t6?,7-/m0/s1. The summed E-state index contributed by atoms with van der Waals surface area (Å²) in [7, 11) is 0. The summed E-state index contributed by atoms with van der Waals surface area (Å²) in [6, 6.07) is 0.753. The maximum absolute atomic E-state index is 4.08. The van der Waals surface area contributed by atoms with Crippen LogP contribution >= 0.6 is 0 Å². The molecule has 0 aromatic carbocycles. The van der Waals surface area contributed by atoms with Crippen molar-refractivity contribution in [1.29, 1.82) is 0 Å². The predicted molar refractivity (Wildman–Crippen MR) is 34.3 cm³/mol. The average Bonchev–Trinajstić information content (AvgIpc) is 1.77. The third kappa shape index (κ3) is 1.22. The van der Waals surface area contributed by atoms with E-state index in [0.29, 0.717) is 0 Å². The van der Waals surface area contributed by atoms with Crippen LogP contribution in [-0.2, 0) is 0 Å². The largest absolute Gasteiger partial charge is 0.355 e. The van der Waals surface area contributed by atoms with Gasteiger partial charge in [-0.25, -0.2) is 0 Å². The Morgan fingerprint density at radius 3 is 2.25 bits per heavy atom. The van der Waals surface area contributed by atoms with Crippen molar-refractivity contribution in [3.63, 3.8) is 0 Å². The molecular formula is C7H16N+. The van der Waals surface area contributed by atoms with Crippen LogP contribution in [0.15, 0.2) is 0 Å². The normalized spacial score (nSPS) is 39.8. The molecule has 2 atom stereocenters. The van der Waals surface area contributed by atoms with Gasteiger partial charge in [0, 0.05) is 5.92 Å². The molecule has 0 saturated heterocycles. The second kappa shape index (κ2) is 2.49. The van der Waals surface area contributed by atoms with Gasteiger partial charge in [0.25, 0.3) is 0 Å². The van der Waals surface area contributed by atoms with Crippen molar-refractivity contribution in [2.45, 2.75) is 38.6 Å². The fourth-order valence-corrected chi connectivity index (χ4v) is 1.39. The molecule has 0 spiro atoms. The Morgan fingerprint density at radius 1 is 1.25 bits per heavy atom. The van der Waals surface area contributed by atoms with Crippen LogP contribution in [0.3, 0.4) is 0 Å². The van der Waals surface area contributed by atoms with Gasteiger partial charge in [0.15, 0.2) is 0 Å². The Hall–Kier alpha value is -0.0400. The van der Waals surface area contributed by atoms with E-state index in [1.807, 2.05) is 0 Å². The molecule has 0 radical (unpaired) electrons. The molecular weight excluding hydrogens is 98.1 g/mol. The van der Waals surface area contributed by atoms with Crippen molar-refractivity contribution in [1.82, 2.24) is 0 Å². The predicted octanol–water partition coefficient (Wildman–Crippen LogP) is 0.807. The average molecular weight is 114 g/mol. The lowest BCUT2D eigenvalue weighted by atomic mass is 9.87. The molecule has 1 fully saturated rings. The fourth-order valence-electron chi connectivity index (χ4n) is 1.39. The second-order valence-electron chi connectivity index (χ2n) is 3.02. The van der Waals surface area contributed by atoms with Crippen LogP contribution in [-0.4, -0.2) is 6.04 Å². The Bertz CT molecular complexity index is 60.8. The lowest BCUT2D eigenvalue weighted by Gasteiger charge is -2.21. The van der Waals surface area contributed by atoms with E-state index in [1.165, 1.54) is 25.7 Å².